The highest BCUT2D eigenvalue weighted by Crippen LogP contribution is 2.48. The van der Waals surface area contributed by atoms with Crippen molar-refractivity contribution in [2.45, 2.75) is 25.2 Å². The molecule has 2 aromatic rings. The van der Waals surface area contributed by atoms with Gasteiger partial charge in [-0.1, -0.05) is 30.3 Å². The Hall–Kier alpha value is -2.41. The van der Waals surface area contributed by atoms with E-state index in [9.17, 15) is 4.79 Å². The lowest BCUT2D eigenvalue weighted by atomic mass is 9.72. The predicted octanol–water partition coefficient (Wildman–Crippen LogP) is 1.96. The van der Waals surface area contributed by atoms with E-state index in [0.717, 1.165) is 44.8 Å². The third-order valence-electron chi connectivity index (χ3n) is 6.01. The van der Waals surface area contributed by atoms with Crippen molar-refractivity contribution in [2.75, 3.05) is 32.8 Å². The SMILES string of the molecule is Cn1cnnc1C1CN(C(=O)NCCc2ccccc2)CC12CCOCC2. The van der Waals surface area contributed by atoms with Crippen LogP contribution >= 0.6 is 0 Å². The zero-order chi connectivity index (χ0) is 18.7. The second kappa shape index (κ2) is 7.68. The van der Waals surface area contributed by atoms with Gasteiger partial charge in [-0.15, -0.1) is 10.2 Å². The zero-order valence-electron chi connectivity index (χ0n) is 15.8. The molecule has 4 rings (SSSR count). The van der Waals surface area contributed by atoms with E-state index in [1.54, 1.807) is 6.33 Å². The molecule has 2 amide bonds. The first-order valence-corrected chi connectivity index (χ1v) is 9.66. The average molecular weight is 369 g/mol. The van der Waals surface area contributed by atoms with E-state index in [4.69, 9.17) is 4.74 Å². The van der Waals surface area contributed by atoms with Crippen molar-refractivity contribution < 1.29 is 9.53 Å². The highest BCUT2D eigenvalue weighted by Gasteiger charge is 2.50. The van der Waals surface area contributed by atoms with Crippen LogP contribution in [0.15, 0.2) is 36.7 Å². The minimum atomic E-state index is 0.0152. The van der Waals surface area contributed by atoms with Crippen molar-refractivity contribution in [2.24, 2.45) is 12.5 Å². The predicted molar refractivity (Wildman–Crippen MR) is 101 cm³/mol. The van der Waals surface area contributed by atoms with Crippen LogP contribution in [0.4, 0.5) is 4.79 Å². The minimum absolute atomic E-state index is 0.0152. The molecule has 0 bridgehead atoms. The van der Waals surface area contributed by atoms with Crippen molar-refractivity contribution in [3.63, 3.8) is 0 Å². The van der Waals surface area contributed by atoms with Gasteiger partial charge in [-0.05, 0) is 24.8 Å². The molecular formula is C20H27N5O2. The van der Waals surface area contributed by atoms with Crippen molar-refractivity contribution in [1.82, 2.24) is 25.0 Å². The largest absolute Gasteiger partial charge is 0.381 e. The molecule has 7 heteroatoms. The molecule has 1 N–H and O–H groups in total. The van der Waals surface area contributed by atoms with Crippen LogP contribution in [-0.4, -0.2) is 58.5 Å². The lowest BCUT2D eigenvalue weighted by molar-refractivity contribution is 0.0120. The van der Waals surface area contributed by atoms with Gasteiger partial charge < -0.3 is 19.5 Å². The topological polar surface area (TPSA) is 72.3 Å². The lowest BCUT2D eigenvalue weighted by Gasteiger charge is -2.37. The Morgan fingerprint density at radius 3 is 2.78 bits per heavy atom. The van der Waals surface area contributed by atoms with Crippen LogP contribution in [0.1, 0.15) is 30.1 Å². The van der Waals surface area contributed by atoms with Gasteiger partial charge in [-0.25, -0.2) is 4.79 Å². The Bertz CT molecular complexity index is 770. The Kier molecular flexibility index (Phi) is 5.11. The molecule has 2 fully saturated rings. The number of aryl methyl sites for hydroxylation is 1. The van der Waals surface area contributed by atoms with Gasteiger partial charge in [0, 0.05) is 51.2 Å². The number of hydrogen-bond acceptors (Lipinski definition) is 4. The van der Waals surface area contributed by atoms with Gasteiger partial charge in [-0.3, -0.25) is 0 Å². The number of benzene rings is 1. The molecule has 27 heavy (non-hydrogen) atoms. The molecule has 0 saturated carbocycles. The number of nitrogens with zero attached hydrogens (tertiary/aromatic N) is 4. The van der Waals surface area contributed by atoms with Crippen LogP contribution in [0.25, 0.3) is 0 Å². The number of carbonyl (C=O) groups excluding carboxylic acids is 1. The van der Waals surface area contributed by atoms with Gasteiger partial charge in [-0.2, -0.15) is 0 Å². The van der Waals surface area contributed by atoms with Gasteiger partial charge in [0.1, 0.15) is 12.2 Å². The zero-order valence-corrected chi connectivity index (χ0v) is 15.8. The molecule has 1 spiro atoms. The van der Waals surface area contributed by atoms with Crippen LogP contribution in [-0.2, 0) is 18.2 Å². The molecule has 2 aliphatic heterocycles. The summed E-state index contributed by atoms with van der Waals surface area (Å²) in [5.74, 6) is 1.17. The van der Waals surface area contributed by atoms with Gasteiger partial charge >= 0.3 is 6.03 Å². The molecular weight excluding hydrogens is 342 g/mol. The molecule has 3 heterocycles. The van der Waals surface area contributed by atoms with Crippen LogP contribution in [0.5, 0.6) is 0 Å². The maximum atomic E-state index is 12.8. The summed E-state index contributed by atoms with van der Waals surface area (Å²) in [5, 5.41) is 11.5. The fourth-order valence-corrected chi connectivity index (χ4v) is 4.44. The normalized spacial score (nSPS) is 21.5. The Balaban J connectivity index is 1.43. The number of hydrogen-bond donors (Lipinski definition) is 1. The Morgan fingerprint density at radius 1 is 1.30 bits per heavy atom. The third kappa shape index (κ3) is 3.69. The van der Waals surface area contributed by atoms with Crippen LogP contribution in [0.3, 0.4) is 0 Å². The van der Waals surface area contributed by atoms with Crippen molar-refractivity contribution in [3.05, 3.63) is 48.0 Å². The summed E-state index contributed by atoms with van der Waals surface area (Å²) < 4.78 is 7.58. The number of rotatable bonds is 4. The number of amides is 2. The van der Waals surface area contributed by atoms with E-state index in [2.05, 4.69) is 27.6 Å². The lowest BCUT2D eigenvalue weighted by Crippen LogP contribution is -2.41. The number of urea groups is 1. The summed E-state index contributed by atoms with van der Waals surface area (Å²) in [5.41, 5.74) is 1.27. The van der Waals surface area contributed by atoms with Gasteiger partial charge in [0.15, 0.2) is 0 Å². The van der Waals surface area contributed by atoms with E-state index in [1.807, 2.05) is 34.7 Å². The van der Waals surface area contributed by atoms with E-state index in [0.29, 0.717) is 13.1 Å². The number of aromatic nitrogens is 3. The van der Waals surface area contributed by atoms with Crippen LogP contribution in [0, 0.1) is 5.41 Å². The van der Waals surface area contributed by atoms with Crippen molar-refractivity contribution in [3.8, 4) is 0 Å². The standard InChI is InChI=1S/C20H27N5O2/c1-24-15-22-23-18(24)17-13-25(14-20(17)8-11-27-12-9-20)19(26)21-10-7-16-5-3-2-4-6-16/h2-6,15,17H,7-14H2,1H3,(H,21,26). The summed E-state index contributed by atoms with van der Waals surface area (Å²) in [6.07, 6.45) is 4.49. The smallest absolute Gasteiger partial charge is 0.317 e. The molecule has 2 saturated heterocycles. The van der Waals surface area contributed by atoms with E-state index >= 15 is 0 Å². The molecule has 2 aliphatic rings. The molecule has 144 valence electrons. The van der Waals surface area contributed by atoms with Gasteiger partial charge in [0.25, 0.3) is 0 Å². The van der Waals surface area contributed by atoms with Crippen LogP contribution < -0.4 is 5.32 Å². The van der Waals surface area contributed by atoms with Gasteiger partial charge in [0.2, 0.25) is 0 Å². The number of ether oxygens (including phenoxy) is 1. The summed E-state index contributed by atoms with van der Waals surface area (Å²) in [6.45, 7) is 3.58. The highest BCUT2D eigenvalue weighted by atomic mass is 16.5. The van der Waals surface area contributed by atoms with Gasteiger partial charge in [0.05, 0.1) is 0 Å². The highest BCUT2D eigenvalue weighted by molar-refractivity contribution is 5.74. The average Bonchev–Trinajstić information content (AvgIpc) is 3.27. The Labute approximate surface area is 159 Å². The third-order valence-corrected chi connectivity index (χ3v) is 6.01. The van der Waals surface area contributed by atoms with Crippen molar-refractivity contribution >= 4 is 6.03 Å². The summed E-state index contributed by atoms with van der Waals surface area (Å²) in [7, 11) is 1.98. The first-order chi connectivity index (χ1) is 13.2. The Morgan fingerprint density at radius 2 is 2.07 bits per heavy atom. The van der Waals surface area contributed by atoms with E-state index < -0.39 is 0 Å². The fourth-order valence-electron chi connectivity index (χ4n) is 4.44. The summed E-state index contributed by atoms with van der Waals surface area (Å²) in [4.78, 5) is 14.8. The number of nitrogens with one attached hydrogen (secondary N) is 1. The maximum absolute atomic E-state index is 12.8. The molecule has 1 aromatic carbocycles. The van der Waals surface area contributed by atoms with E-state index in [1.165, 1.54) is 5.56 Å². The molecule has 0 radical (unpaired) electrons. The van der Waals surface area contributed by atoms with Crippen molar-refractivity contribution in [1.29, 1.82) is 0 Å². The molecule has 0 aliphatic carbocycles. The van der Waals surface area contributed by atoms with E-state index in [-0.39, 0.29) is 17.4 Å². The molecule has 7 nitrogen and oxygen atoms in total. The maximum Gasteiger partial charge on any atom is 0.317 e. The second-order valence-electron chi connectivity index (χ2n) is 7.68. The minimum Gasteiger partial charge on any atom is -0.381 e. The number of likely N-dealkylation sites (tertiary alicyclic amines) is 1. The fraction of sp³-hybridized carbons (Fsp3) is 0.550. The number of carbonyl (C=O) groups is 1. The summed E-state index contributed by atoms with van der Waals surface area (Å²) in [6, 6.07) is 10.2. The molecule has 1 unspecified atom stereocenters. The monoisotopic (exact) mass is 369 g/mol. The molecule has 1 atom stereocenters. The quantitative estimate of drug-likeness (QED) is 0.894. The first-order valence-electron chi connectivity index (χ1n) is 9.66. The van der Waals surface area contributed by atoms with Crippen LogP contribution in [0.2, 0.25) is 0 Å². The second-order valence-corrected chi connectivity index (χ2v) is 7.68. The first kappa shape index (κ1) is 18.0. The molecule has 1 aromatic heterocycles. The summed E-state index contributed by atoms with van der Waals surface area (Å²) >= 11 is 0.